The van der Waals surface area contributed by atoms with Crippen LogP contribution in [0.25, 0.3) is 16.9 Å². The molecule has 3 aromatic rings. The van der Waals surface area contributed by atoms with E-state index in [4.69, 9.17) is 0 Å². The first-order chi connectivity index (χ1) is 11.1. The van der Waals surface area contributed by atoms with Crippen molar-refractivity contribution in [2.75, 3.05) is 0 Å². The molecule has 23 heavy (non-hydrogen) atoms. The van der Waals surface area contributed by atoms with Gasteiger partial charge in [-0.1, -0.05) is 29.8 Å². The van der Waals surface area contributed by atoms with Gasteiger partial charge in [-0.2, -0.15) is 0 Å². The standard InChI is InChI=1S/C17H16N4O2/c1-10-2-4-11(5-3-10)14-8-15(22)21-16(20-14)13(9-18-21)17(23)19-12-6-7-12/h2-5,8-9,12,18H,6-7H2,1H3,(H,19,23). The number of hydrogen-bond acceptors (Lipinski definition) is 3. The maximum Gasteiger partial charge on any atom is 0.273 e. The number of carbonyl (C=O) groups is 1. The molecule has 1 aromatic carbocycles. The molecule has 6 nitrogen and oxygen atoms in total. The first kappa shape index (κ1) is 13.8. The predicted octanol–water partition coefficient (Wildman–Crippen LogP) is 1.89. The Bertz CT molecular complexity index is 949. The number of nitrogens with zero attached hydrogens (tertiary/aromatic N) is 2. The fraction of sp³-hybridized carbons (Fsp3) is 0.235. The molecular formula is C17H16N4O2. The van der Waals surface area contributed by atoms with Crippen LogP contribution in [0.4, 0.5) is 0 Å². The minimum Gasteiger partial charge on any atom is -0.349 e. The summed E-state index contributed by atoms with van der Waals surface area (Å²) in [6.07, 6.45) is 3.55. The lowest BCUT2D eigenvalue weighted by molar-refractivity contribution is 0.0952. The lowest BCUT2D eigenvalue weighted by atomic mass is 10.1. The van der Waals surface area contributed by atoms with Crippen LogP contribution in [-0.4, -0.2) is 26.5 Å². The predicted molar refractivity (Wildman–Crippen MR) is 86.5 cm³/mol. The van der Waals surface area contributed by atoms with Gasteiger partial charge in [-0.25, -0.2) is 9.50 Å². The second-order valence-electron chi connectivity index (χ2n) is 5.94. The van der Waals surface area contributed by atoms with Crippen LogP contribution in [-0.2, 0) is 0 Å². The summed E-state index contributed by atoms with van der Waals surface area (Å²) in [6, 6.07) is 9.50. The molecule has 1 amide bonds. The number of aryl methyl sites for hydroxylation is 1. The van der Waals surface area contributed by atoms with Gasteiger partial charge >= 0.3 is 0 Å². The summed E-state index contributed by atoms with van der Waals surface area (Å²) < 4.78 is 1.29. The summed E-state index contributed by atoms with van der Waals surface area (Å²) in [5.41, 5.74) is 3.06. The molecule has 1 saturated carbocycles. The van der Waals surface area contributed by atoms with Crippen LogP contribution in [0.2, 0.25) is 0 Å². The minimum absolute atomic E-state index is 0.195. The van der Waals surface area contributed by atoms with Crippen LogP contribution in [0.5, 0.6) is 0 Å². The van der Waals surface area contributed by atoms with E-state index in [1.165, 1.54) is 16.8 Å². The van der Waals surface area contributed by atoms with Crippen molar-refractivity contribution in [2.45, 2.75) is 25.8 Å². The number of amides is 1. The summed E-state index contributed by atoms with van der Waals surface area (Å²) in [5, 5.41) is 5.72. The number of carbonyl (C=O) groups excluding carboxylic acids is 1. The number of hydrogen-bond donors (Lipinski definition) is 2. The third-order valence-electron chi connectivity index (χ3n) is 4.00. The van der Waals surface area contributed by atoms with Crippen molar-refractivity contribution in [3.63, 3.8) is 0 Å². The lowest BCUT2D eigenvalue weighted by Crippen LogP contribution is -2.25. The van der Waals surface area contributed by atoms with E-state index in [2.05, 4.69) is 15.4 Å². The Hall–Kier alpha value is -2.89. The summed E-state index contributed by atoms with van der Waals surface area (Å²) in [5.74, 6) is -0.195. The Labute approximate surface area is 132 Å². The molecule has 2 N–H and O–H groups in total. The van der Waals surface area contributed by atoms with Crippen LogP contribution in [0, 0.1) is 6.92 Å². The number of H-pyrrole nitrogens is 1. The van der Waals surface area contributed by atoms with E-state index in [1.54, 1.807) is 0 Å². The van der Waals surface area contributed by atoms with Gasteiger partial charge in [-0.3, -0.25) is 14.7 Å². The van der Waals surface area contributed by atoms with Gasteiger partial charge in [-0.15, -0.1) is 0 Å². The summed E-state index contributed by atoms with van der Waals surface area (Å²) in [6.45, 7) is 2.00. The van der Waals surface area contributed by atoms with E-state index in [0.29, 0.717) is 16.9 Å². The van der Waals surface area contributed by atoms with Crippen molar-refractivity contribution in [1.82, 2.24) is 19.9 Å². The number of aromatic nitrogens is 3. The topological polar surface area (TPSA) is 79.3 Å². The zero-order valence-corrected chi connectivity index (χ0v) is 12.7. The molecule has 0 atom stereocenters. The first-order valence-electron chi connectivity index (χ1n) is 7.61. The van der Waals surface area contributed by atoms with Gasteiger partial charge in [0.05, 0.1) is 5.69 Å². The van der Waals surface area contributed by atoms with Crippen LogP contribution < -0.4 is 10.9 Å². The Morgan fingerprint density at radius 1 is 1.30 bits per heavy atom. The summed E-state index contributed by atoms with van der Waals surface area (Å²) in [7, 11) is 0. The van der Waals surface area contributed by atoms with Crippen LogP contribution in [0.15, 0.2) is 41.3 Å². The van der Waals surface area contributed by atoms with Crippen molar-refractivity contribution in [1.29, 1.82) is 0 Å². The Balaban J connectivity index is 1.82. The van der Waals surface area contributed by atoms with Crippen LogP contribution >= 0.6 is 0 Å². The van der Waals surface area contributed by atoms with Crippen molar-refractivity contribution in [2.24, 2.45) is 0 Å². The average molecular weight is 308 g/mol. The molecule has 0 saturated heterocycles. The van der Waals surface area contributed by atoms with Gasteiger partial charge in [-0.05, 0) is 19.8 Å². The quantitative estimate of drug-likeness (QED) is 0.775. The van der Waals surface area contributed by atoms with Gasteiger partial charge in [0.1, 0.15) is 5.56 Å². The van der Waals surface area contributed by atoms with E-state index >= 15 is 0 Å². The highest BCUT2D eigenvalue weighted by atomic mass is 16.2. The summed E-state index contributed by atoms with van der Waals surface area (Å²) in [4.78, 5) is 29.1. The number of benzene rings is 1. The van der Waals surface area contributed by atoms with E-state index < -0.39 is 0 Å². The number of rotatable bonds is 3. The molecule has 0 spiro atoms. The van der Waals surface area contributed by atoms with Crippen molar-refractivity contribution >= 4 is 11.6 Å². The Morgan fingerprint density at radius 2 is 2.04 bits per heavy atom. The van der Waals surface area contributed by atoms with E-state index in [-0.39, 0.29) is 17.5 Å². The third kappa shape index (κ3) is 2.52. The van der Waals surface area contributed by atoms with Gasteiger partial charge in [0.2, 0.25) is 0 Å². The van der Waals surface area contributed by atoms with E-state index in [0.717, 1.165) is 24.0 Å². The maximum absolute atomic E-state index is 12.3. The SMILES string of the molecule is Cc1ccc(-c2cc(=O)n3[nH]cc(C(=O)NC4CC4)c3n2)cc1. The highest BCUT2D eigenvalue weighted by Gasteiger charge is 2.25. The van der Waals surface area contributed by atoms with Gasteiger partial charge < -0.3 is 5.32 Å². The van der Waals surface area contributed by atoms with E-state index in [1.807, 2.05) is 31.2 Å². The van der Waals surface area contributed by atoms with Crippen LogP contribution in [0.3, 0.4) is 0 Å². The van der Waals surface area contributed by atoms with Gasteiger partial charge in [0, 0.05) is 23.9 Å². The van der Waals surface area contributed by atoms with Gasteiger partial charge in [0.25, 0.3) is 11.5 Å². The second-order valence-corrected chi connectivity index (χ2v) is 5.94. The molecule has 2 aromatic heterocycles. The van der Waals surface area contributed by atoms with Crippen LogP contribution in [0.1, 0.15) is 28.8 Å². The molecule has 4 rings (SSSR count). The molecule has 0 bridgehead atoms. The normalized spacial score (nSPS) is 14.1. The molecule has 0 unspecified atom stereocenters. The highest BCUT2D eigenvalue weighted by Crippen LogP contribution is 2.21. The van der Waals surface area contributed by atoms with Gasteiger partial charge in [0.15, 0.2) is 5.65 Å². The maximum atomic E-state index is 12.3. The molecule has 6 heteroatoms. The smallest absolute Gasteiger partial charge is 0.273 e. The molecule has 1 fully saturated rings. The largest absolute Gasteiger partial charge is 0.349 e. The zero-order chi connectivity index (χ0) is 16.0. The molecule has 2 heterocycles. The first-order valence-corrected chi connectivity index (χ1v) is 7.61. The van der Waals surface area contributed by atoms with Crippen molar-refractivity contribution in [3.05, 3.63) is 58.0 Å². The fourth-order valence-electron chi connectivity index (χ4n) is 2.51. The number of aromatic amines is 1. The molecule has 0 aliphatic heterocycles. The lowest BCUT2D eigenvalue weighted by Gasteiger charge is -2.04. The average Bonchev–Trinajstić information content (AvgIpc) is 3.23. The molecular weight excluding hydrogens is 292 g/mol. The molecule has 1 aliphatic rings. The van der Waals surface area contributed by atoms with Crippen molar-refractivity contribution < 1.29 is 4.79 Å². The minimum atomic E-state index is -0.240. The second kappa shape index (κ2) is 5.08. The third-order valence-corrected chi connectivity index (χ3v) is 4.00. The van der Waals surface area contributed by atoms with E-state index in [9.17, 15) is 9.59 Å². The zero-order valence-electron chi connectivity index (χ0n) is 12.7. The highest BCUT2D eigenvalue weighted by molar-refractivity contribution is 6.00. The Kier molecular flexibility index (Phi) is 3.04. The molecule has 0 radical (unpaired) electrons. The number of fused-ring (bicyclic) bond motifs is 1. The summed E-state index contributed by atoms with van der Waals surface area (Å²) >= 11 is 0. The molecule has 116 valence electrons. The number of nitrogens with one attached hydrogen (secondary N) is 2. The van der Waals surface area contributed by atoms with Crippen molar-refractivity contribution in [3.8, 4) is 11.3 Å². The fourth-order valence-corrected chi connectivity index (χ4v) is 2.51. The monoisotopic (exact) mass is 308 g/mol. The molecule has 1 aliphatic carbocycles. The Morgan fingerprint density at radius 3 is 2.74 bits per heavy atom.